The van der Waals surface area contributed by atoms with Crippen LogP contribution in [0, 0.1) is 5.92 Å². The topological polar surface area (TPSA) is 42.7 Å². The third kappa shape index (κ3) is 8.31. The molecule has 1 heterocycles. The van der Waals surface area contributed by atoms with Crippen LogP contribution in [0.4, 0.5) is 0 Å². The lowest BCUT2D eigenvalue weighted by atomic mass is 10.1. The lowest BCUT2D eigenvalue weighted by Crippen LogP contribution is -2.19. The summed E-state index contributed by atoms with van der Waals surface area (Å²) in [5.74, 6) is 0.678. The Labute approximate surface area is 124 Å². The molecule has 0 unspecified atom stereocenters. The van der Waals surface area contributed by atoms with E-state index < -0.39 is 0 Å². The van der Waals surface area contributed by atoms with E-state index in [0.717, 1.165) is 25.3 Å². The van der Waals surface area contributed by atoms with Gasteiger partial charge in [0.25, 0.3) is 0 Å². The molecule has 1 aromatic rings. The molecule has 0 spiro atoms. The van der Waals surface area contributed by atoms with Crippen LogP contribution in [0.1, 0.15) is 71.4 Å². The molecule has 1 aromatic heterocycles. The summed E-state index contributed by atoms with van der Waals surface area (Å²) in [6, 6.07) is 0. The molecule has 20 heavy (non-hydrogen) atoms. The Balaban J connectivity index is 2.05. The SMILES string of the molecule is CCCCCCCCCn1cc(CNCC(C)C)nn1. The Morgan fingerprint density at radius 2 is 1.80 bits per heavy atom. The molecule has 0 bridgehead atoms. The van der Waals surface area contributed by atoms with E-state index in [1.807, 2.05) is 4.68 Å². The molecule has 0 aliphatic heterocycles. The second kappa shape index (κ2) is 10.8. The van der Waals surface area contributed by atoms with Crippen LogP contribution in [-0.4, -0.2) is 21.5 Å². The summed E-state index contributed by atoms with van der Waals surface area (Å²) >= 11 is 0. The van der Waals surface area contributed by atoms with Crippen LogP contribution >= 0.6 is 0 Å². The minimum absolute atomic E-state index is 0.678. The van der Waals surface area contributed by atoms with Gasteiger partial charge < -0.3 is 5.32 Å². The first-order valence-electron chi connectivity index (χ1n) is 8.32. The summed E-state index contributed by atoms with van der Waals surface area (Å²) in [6.45, 7) is 9.55. The molecule has 0 atom stereocenters. The molecular weight excluding hydrogens is 248 g/mol. The van der Waals surface area contributed by atoms with Crippen molar-refractivity contribution in [2.45, 2.75) is 78.8 Å². The van der Waals surface area contributed by atoms with Crippen molar-refractivity contribution in [3.05, 3.63) is 11.9 Å². The maximum Gasteiger partial charge on any atom is 0.0964 e. The van der Waals surface area contributed by atoms with Crippen LogP contribution in [0.15, 0.2) is 6.20 Å². The van der Waals surface area contributed by atoms with E-state index >= 15 is 0 Å². The first kappa shape index (κ1) is 17.2. The summed E-state index contributed by atoms with van der Waals surface area (Å²) < 4.78 is 1.98. The standard InChI is InChI=1S/C16H32N4/c1-4-5-6-7-8-9-10-11-20-14-16(18-19-20)13-17-12-15(2)3/h14-15,17H,4-13H2,1-3H3. The van der Waals surface area contributed by atoms with E-state index in [2.05, 4.69) is 42.6 Å². The van der Waals surface area contributed by atoms with Crippen LogP contribution in [0.2, 0.25) is 0 Å². The van der Waals surface area contributed by atoms with Crippen LogP contribution in [0.3, 0.4) is 0 Å². The molecule has 0 aromatic carbocycles. The number of aromatic nitrogens is 3. The molecule has 116 valence electrons. The number of hydrogen-bond donors (Lipinski definition) is 1. The van der Waals surface area contributed by atoms with Crippen molar-refractivity contribution in [3.63, 3.8) is 0 Å². The molecule has 0 aliphatic carbocycles. The van der Waals surface area contributed by atoms with Crippen molar-refractivity contribution in [1.82, 2.24) is 20.3 Å². The van der Waals surface area contributed by atoms with Gasteiger partial charge in [-0.25, -0.2) is 0 Å². The first-order chi connectivity index (χ1) is 9.72. The highest BCUT2D eigenvalue weighted by molar-refractivity contribution is 4.91. The zero-order valence-corrected chi connectivity index (χ0v) is 13.6. The van der Waals surface area contributed by atoms with Gasteiger partial charge in [0.2, 0.25) is 0 Å². The first-order valence-corrected chi connectivity index (χ1v) is 8.32. The average molecular weight is 280 g/mol. The zero-order chi connectivity index (χ0) is 14.6. The fourth-order valence-corrected chi connectivity index (χ4v) is 2.25. The second-order valence-electron chi connectivity index (χ2n) is 6.12. The highest BCUT2D eigenvalue weighted by Crippen LogP contribution is 2.07. The monoisotopic (exact) mass is 280 g/mol. The summed E-state index contributed by atoms with van der Waals surface area (Å²) in [6.07, 6.45) is 11.4. The lowest BCUT2D eigenvalue weighted by Gasteiger charge is -2.04. The maximum absolute atomic E-state index is 4.20. The molecule has 0 saturated heterocycles. The number of rotatable bonds is 12. The molecule has 4 nitrogen and oxygen atoms in total. The molecule has 0 aliphatic rings. The fraction of sp³-hybridized carbons (Fsp3) is 0.875. The highest BCUT2D eigenvalue weighted by Gasteiger charge is 2.01. The Bertz CT molecular complexity index is 333. The molecule has 0 fully saturated rings. The van der Waals surface area contributed by atoms with E-state index in [-0.39, 0.29) is 0 Å². The highest BCUT2D eigenvalue weighted by atomic mass is 15.4. The molecule has 1 N–H and O–H groups in total. The van der Waals surface area contributed by atoms with Gasteiger partial charge in [-0.3, -0.25) is 4.68 Å². The molecule has 0 amide bonds. The van der Waals surface area contributed by atoms with Crippen LogP contribution in [-0.2, 0) is 13.1 Å². The average Bonchev–Trinajstić information content (AvgIpc) is 2.85. The second-order valence-corrected chi connectivity index (χ2v) is 6.12. The number of hydrogen-bond acceptors (Lipinski definition) is 3. The zero-order valence-electron chi connectivity index (χ0n) is 13.6. The predicted octanol–water partition coefficient (Wildman–Crippen LogP) is 3.77. The molecule has 0 saturated carbocycles. The third-order valence-corrected chi connectivity index (χ3v) is 3.44. The van der Waals surface area contributed by atoms with Crippen LogP contribution < -0.4 is 5.32 Å². The van der Waals surface area contributed by atoms with E-state index in [0.29, 0.717) is 5.92 Å². The third-order valence-electron chi connectivity index (χ3n) is 3.44. The van der Waals surface area contributed by atoms with Crippen molar-refractivity contribution >= 4 is 0 Å². The minimum Gasteiger partial charge on any atom is -0.311 e. The van der Waals surface area contributed by atoms with Gasteiger partial charge in [-0.1, -0.05) is 64.5 Å². The summed E-state index contributed by atoms with van der Waals surface area (Å²) in [5.41, 5.74) is 1.05. The van der Waals surface area contributed by atoms with Crippen molar-refractivity contribution in [1.29, 1.82) is 0 Å². The molecule has 4 heteroatoms. The van der Waals surface area contributed by atoms with Gasteiger partial charge in [0.1, 0.15) is 0 Å². The summed E-state index contributed by atoms with van der Waals surface area (Å²) in [7, 11) is 0. The van der Waals surface area contributed by atoms with E-state index in [4.69, 9.17) is 0 Å². The van der Waals surface area contributed by atoms with Crippen LogP contribution in [0.25, 0.3) is 0 Å². The van der Waals surface area contributed by atoms with Gasteiger partial charge >= 0.3 is 0 Å². The summed E-state index contributed by atoms with van der Waals surface area (Å²) in [5, 5.41) is 11.8. The number of nitrogens with zero attached hydrogens (tertiary/aromatic N) is 3. The molecular formula is C16H32N4. The van der Waals surface area contributed by atoms with Gasteiger partial charge in [-0.2, -0.15) is 0 Å². The van der Waals surface area contributed by atoms with E-state index in [9.17, 15) is 0 Å². The lowest BCUT2D eigenvalue weighted by molar-refractivity contribution is 0.513. The maximum atomic E-state index is 4.20. The van der Waals surface area contributed by atoms with Gasteiger partial charge in [0.05, 0.1) is 5.69 Å². The fourth-order valence-electron chi connectivity index (χ4n) is 2.25. The molecule has 0 radical (unpaired) electrons. The van der Waals surface area contributed by atoms with Gasteiger partial charge in [0.15, 0.2) is 0 Å². The number of unbranched alkanes of at least 4 members (excludes halogenated alkanes) is 6. The van der Waals surface area contributed by atoms with Gasteiger partial charge in [-0.05, 0) is 18.9 Å². The number of nitrogens with one attached hydrogen (secondary N) is 1. The normalized spacial score (nSPS) is 11.4. The quantitative estimate of drug-likeness (QED) is 0.593. The van der Waals surface area contributed by atoms with Gasteiger partial charge in [0, 0.05) is 19.3 Å². The Morgan fingerprint density at radius 1 is 1.10 bits per heavy atom. The minimum atomic E-state index is 0.678. The van der Waals surface area contributed by atoms with E-state index in [1.54, 1.807) is 0 Å². The smallest absolute Gasteiger partial charge is 0.0964 e. The Hall–Kier alpha value is -0.900. The van der Waals surface area contributed by atoms with Crippen molar-refractivity contribution in [3.8, 4) is 0 Å². The Kier molecular flexibility index (Phi) is 9.29. The molecule has 1 rings (SSSR count). The van der Waals surface area contributed by atoms with E-state index in [1.165, 1.54) is 44.9 Å². The number of aryl methyl sites for hydroxylation is 1. The van der Waals surface area contributed by atoms with Crippen molar-refractivity contribution in [2.75, 3.05) is 6.54 Å². The van der Waals surface area contributed by atoms with Crippen LogP contribution in [0.5, 0.6) is 0 Å². The summed E-state index contributed by atoms with van der Waals surface area (Å²) in [4.78, 5) is 0. The van der Waals surface area contributed by atoms with Gasteiger partial charge in [-0.15, -0.1) is 5.10 Å². The largest absolute Gasteiger partial charge is 0.311 e. The predicted molar refractivity (Wildman–Crippen MR) is 84.6 cm³/mol. The van der Waals surface area contributed by atoms with Crippen molar-refractivity contribution in [2.24, 2.45) is 5.92 Å². The Morgan fingerprint density at radius 3 is 2.50 bits per heavy atom. The van der Waals surface area contributed by atoms with Crippen molar-refractivity contribution < 1.29 is 0 Å².